The van der Waals surface area contributed by atoms with Crippen LogP contribution in [-0.4, -0.2) is 27.1 Å². The number of hydrogen-bond donors (Lipinski definition) is 1. The smallest absolute Gasteiger partial charge is 0.293 e. The first-order valence-corrected chi connectivity index (χ1v) is 8.75. The summed E-state index contributed by atoms with van der Waals surface area (Å²) in [6, 6.07) is 0.369. The van der Waals surface area contributed by atoms with Crippen molar-refractivity contribution >= 4 is 17.6 Å². The summed E-state index contributed by atoms with van der Waals surface area (Å²) >= 11 is 1.89. The van der Waals surface area contributed by atoms with Crippen LogP contribution >= 0.6 is 11.8 Å². The van der Waals surface area contributed by atoms with Crippen molar-refractivity contribution in [3.63, 3.8) is 0 Å². The Morgan fingerprint density at radius 3 is 2.90 bits per heavy atom. The van der Waals surface area contributed by atoms with E-state index in [0.717, 1.165) is 13.0 Å². The molecule has 0 amide bonds. The molecule has 0 aliphatic heterocycles. The summed E-state index contributed by atoms with van der Waals surface area (Å²) < 4.78 is 1.76. The lowest BCUT2D eigenvalue weighted by molar-refractivity contribution is 0.471. The Morgan fingerprint density at radius 2 is 2.20 bits per heavy atom. The van der Waals surface area contributed by atoms with Crippen molar-refractivity contribution in [3.05, 3.63) is 22.7 Å². The van der Waals surface area contributed by atoms with E-state index >= 15 is 0 Å². The number of hydrogen-bond acceptors (Lipinski definition) is 4. The minimum Gasteiger partial charge on any atom is -0.362 e. The first kappa shape index (κ1) is 15.4. The molecule has 0 saturated heterocycles. The lowest BCUT2D eigenvalue weighted by Crippen LogP contribution is -2.37. The van der Waals surface area contributed by atoms with E-state index in [0.29, 0.717) is 23.0 Å². The summed E-state index contributed by atoms with van der Waals surface area (Å²) in [5.74, 6) is 0.968. The molecule has 1 fully saturated rings. The molecular formula is C15H25N3OS. The fourth-order valence-electron chi connectivity index (χ4n) is 2.80. The molecule has 5 heteroatoms. The molecule has 1 heterocycles. The minimum absolute atomic E-state index is 0.00614. The molecule has 1 aliphatic carbocycles. The highest BCUT2D eigenvalue weighted by molar-refractivity contribution is 7.99. The van der Waals surface area contributed by atoms with Gasteiger partial charge in [-0.25, -0.2) is 4.98 Å². The third kappa shape index (κ3) is 3.78. The van der Waals surface area contributed by atoms with Crippen molar-refractivity contribution in [1.29, 1.82) is 0 Å². The van der Waals surface area contributed by atoms with Gasteiger partial charge in [0.1, 0.15) is 0 Å². The summed E-state index contributed by atoms with van der Waals surface area (Å²) in [6.07, 6.45) is 10.5. The van der Waals surface area contributed by atoms with Gasteiger partial charge in [-0.15, -0.1) is 0 Å². The summed E-state index contributed by atoms with van der Waals surface area (Å²) in [6.45, 7) is 4.97. The van der Waals surface area contributed by atoms with Crippen LogP contribution in [0.1, 0.15) is 39.5 Å². The Bertz CT molecular complexity index is 486. The zero-order valence-corrected chi connectivity index (χ0v) is 13.4. The highest BCUT2D eigenvalue weighted by atomic mass is 32.2. The number of aromatic nitrogens is 2. The molecule has 1 saturated carbocycles. The molecule has 112 valence electrons. The van der Waals surface area contributed by atoms with Crippen molar-refractivity contribution in [2.45, 2.75) is 57.4 Å². The Hall–Kier alpha value is -0.970. The molecule has 0 aromatic carbocycles. The highest BCUT2D eigenvalue weighted by Crippen LogP contribution is 2.28. The molecule has 1 aromatic rings. The second-order valence-corrected chi connectivity index (χ2v) is 7.01. The van der Waals surface area contributed by atoms with E-state index in [4.69, 9.17) is 0 Å². The van der Waals surface area contributed by atoms with Crippen LogP contribution in [0.25, 0.3) is 0 Å². The molecule has 0 radical (unpaired) electrons. The van der Waals surface area contributed by atoms with Crippen molar-refractivity contribution in [3.8, 4) is 0 Å². The molecule has 1 N–H and O–H groups in total. The molecule has 0 spiro atoms. The maximum Gasteiger partial charge on any atom is 0.293 e. The minimum atomic E-state index is 0.00614. The summed E-state index contributed by atoms with van der Waals surface area (Å²) in [4.78, 5) is 16.7. The summed E-state index contributed by atoms with van der Waals surface area (Å²) in [7, 11) is 0. The molecule has 2 atom stereocenters. The van der Waals surface area contributed by atoms with E-state index in [1.54, 1.807) is 17.0 Å². The van der Waals surface area contributed by atoms with Gasteiger partial charge in [-0.3, -0.25) is 4.79 Å². The Morgan fingerprint density at radius 1 is 1.45 bits per heavy atom. The SMILES string of the molecule is CSC1CCCCC1Nc1nccn(CC(C)C)c1=O. The second kappa shape index (κ2) is 7.16. The van der Waals surface area contributed by atoms with E-state index in [1.165, 1.54) is 19.3 Å². The third-order valence-electron chi connectivity index (χ3n) is 3.80. The van der Waals surface area contributed by atoms with Gasteiger partial charge in [-0.05, 0) is 25.0 Å². The number of rotatable bonds is 5. The third-order valence-corrected chi connectivity index (χ3v) is 4.97. The Labute approximate surface area is 125 Å². The molecule has 1 aliphatic rings. The second-order valence-electron chi connectivity index (χ2n) is 5.94. The van der Waals surface area contributed by atoms with Gasteiger partial charge in [-0.2, -0.15) is 11.8 Å². The topological polar surface area (TPSA) is 46.9 Å². The maximum atomic E-state index is 12.4. The molecule has 4 nitrogen and oxygen atoms in total. The fourth-order valence-corrected chi connectivity index (χ4v) is 3.74. The van der Waals surface area contributed by atoms with Crippen LogP contribution in [0.2, 0.25) is 0 Å². The monoisotopic (exact) mass is 295 g/mol. The lowest BCUT2D eigenvalue weighted by Gasteiger charge is -2.31. The fraction of sp³-hybridized carbons (Fsp3) is 0.733. The van der Waals surface area contributed by atoms with Gasteiger partial charge in [0.15, 0.2) is 5.82 Å². The standard InChI is InChI=1S/C15H25N3OS/c1-11(2)10-18-9-8-16-14(15(18)19)17-12-6-4-5-7-13(12)20-3/h8-9,11-13H,4-7,10H2,1-3H3,(H,16,17). The number of thioether (sulfide) groups is 1. The lowest BCUT2D eigenvalue weighted by atomic mass is 9.95. The van der Waals surface area contributed by atoms with Gasteiger partial charge >= 0.3 is 0 Å². The molecule has 2 unspecified atom stereocenters. The number of nitrogens with zero attached hydrogens (tertiary/aromatic N) is 2. The van der Waals surface area contributed by atoms with Gasteiger partial charge in [0.25, 0.3) is 5.56 Å². The van der Waals surface area contributed by atoms with E-state index in [-0.39, 0.29) is 5.56 Å². The molecule has 2 rings (SSSR count). The van der Waals surface area contributed by atoms with Crippen LogP contribution in [0, 0.1) is 5.92 Å². The zero-order chi connectivity index (χ0) is 14.5. The van der Waals surface area contributed by atoms with Crippen molar-refractivity contribution in [2.75, 3.05) is 11.6 Å². The van der Waals surface area contributed by atoms with Crippen LogP contribution < -0.4 is 10.9 Å². The zero-order valence-electron chi connectivity index (χ0n) is 12.6. The van der Waals surface area contributed by atoms with Crippen LogP contribution in [-0.2, 0) is 6.54 Å². The Balaban J connectivity index is 2.14. The number of anilines is 1. The number of nitrogens with one attached hydrogen (secondary N) is 1. The average molecular weight is 295 g/mol. The van der Waals surface area contributed by atoms with Crippen LogP contribution in [0.4, 0.5) is 5.82 Å². The molecule has 20 heavy (non-hydrogen) atoms. The van der Waals surface area contributed by atoms with Crippen molar-refractivity contribution < 1.29 is 0 Å². The predicted molar refractivity (Wildman–Crippen MR) is 86.5 cm³/mol. The average Bonchev–Trinajstić information content (AvgIpc) is 2.43. The van der Waals surface area contributed by atoms with Crippen LogP contribution in [0.3, 0.4) is 0 Å². The first-order valence-electron chi connectivity index (χ1n) is 7.46. The van der Waals surface area contributed by atoms with Crippen LogP contribution in [0.5, 0.6) is 0 Å². The van der Waals surface area contributed by atoms with Gasteiger partial charge in [0.05, 0.1) is 0 Å². The van der Waals surface area contributed by atoms with Gasteiger partial charge < -0.3 is 9.88 Å². The summed E-state index contributed by atoms with van der Waals surface area (Å²) in [5, 5.41) is 3.99. The summed E-state index contributed by atoms with van der Waals surface area (Å²) in [5.41, 5.74) is 0.00614. The maximum absolute atomic E-state index is 12.4. The molecular weight excluding hydrogens is 270 g/mol. The van der Waals surface area contributed by atoms with E-state index in [1.807, 2.05) is 11.8 Å². The van der Waals surface area contributed by atoms with Crippen molar-refractivity contribution in [2.24, 2.45) is 5.92 Å². The van der Waals surface area contributed by atoms with Crippen molar-refractivity contribution in [1.82, 2.24) is 9.55 Å². The quantitative estimate of drug-likeness (QED) is 0.907. The van der Waals surface area contributed by atoms with Gasteiger partial charge in [0.2, 0.25) is 0 Å². The highest BCUT2D eigenvalue weighted by Gasteiger charge is 2.25. The molecule has 1 aromatic heterocycles. The van der Waals surface area contributed by atoms with E-state index < -0.39 is 0 Å². The van der Waals surface area contributed by atoms with E-state index in [2.05, 4.69) is 30.4 Å². The van der Waals surface area contributed by atoms with Crippen LogP contribution in [0.15, 0.2) is 17.2 Å². The first-order chi connectivity index (χ1) is 9.61. The Kier molecular flexibility index (Phi) is 5.52. The largest absolute Gasteiger partial charge is 0.362 e. The molecule has 0 bridgehead atoms. The predicted octanol–water partition coefficient (Wildman–Crippen LogP) is 2.99. The van der Waals surface area contributed by atoms with Gasteiger partial charge in [-0.1, -0.05) is 26.7 Å². The van der Waals surface area contributed by atoms with E-state index in [9.17, 15) is 4.79 Å². The normalized spacial score (nSPS) is 23.0. The van der Waals surface area contributed by atoms with Gasteiger partial charge in [0, 0.05) is 30.2 Å².